The lowest BCUT2D eigenvalue weighted by molar-refractivity contribution is -0.161. The first kappa shape index (κ1) is 97.1. The van der Waals surface area contributed by atoms with Gasteiger partial charge in [0.05, 0.1) is 26.4 Å². The van der Waals surface area contributed by atoms with E-state index in [0.717, 1.165) is 115 Å². The van der Waals surface area contributed by atoms with E-state index in [9.17, 15) is 43.2 Å². The van der Waals surface area contributed by atoms with E-state index in [1.807, 2.05) is 0 Å². The van der Waals surface area contributed by atoms with Crippen LogP contribution in [0.15, 0.2) is 0 Å². The molecule has 0 saturated carbocycles. The standard InChI is InChI=1S/C80H156O17P2/c1-7-11-13-15-17-18-19-20-21-22-26-29-32-35-38-45-51-57-63-78(83)91-69-76(96-79(84)64-58-52-46-39-36-33-30-27-24-23-25-28-31-34-37-43-48-54-60-72(5)9-3)71-95-99(88,89)93-67-74(81)66-92-98(86,87)94-70-75(68-90-77(82)62-56-50-42-16-14-12-8-2)97-80(85)65-59-53-47-41-40-44-49-55-61-73(6)10-4/h72-76,81H,7-71H2,1-6H3,(H,86,87)(H,88,89)/t72?,73?,74-,75+,76+/m0/s1. The van der Waals surface area contributed by atoms with Crippen LogP contribution in [0.4, 0.5) is 0 Å². The number of aliphatic hydroxyl groups is 1. The molecule has 19 heteroatoms. The molecule has 0 radical (unpaired) electrons. The summed E-state index contributed by atoms with van der Waals surface area (Å²) in [6, 6.07) is 0. The molecule has 0 aromatic carbocycles. The summed E-state index contributed by atoms with van der Waals surface area (Å²) in [7, 11) is -9.91. The lowest BCUT2D eigenvalue weighted by Gasteiger charge is -2.21. The van der Waals surface area contributed by atoms with Gasteiger partial charge in [-0.15, -0.1) is 0 Å². The molecule has 0 aliphatic carbocycles. The van der Waals surface area contributed by atoms with E-state index >= 15 is 0 Å². The van der Waals surface area contributed by atoms with Crippen LogP contribution in [0.3, 0.4) is 0 Å². The van der Waals surface area contributed by atoms with E-state index in [1.54, 1.807) is 0 Å². The molecular weight excluding hydrogens is 1290 g/mol. The van der Waals surface area contributed by atoms with E-state index < -0.39 is 97.5 Å². The molecule has 0 aliphatic heterocycles. The highest BCUT2D eigenvalue weighted by atomic mass is 31.2. The van der Waals surface area contributed by atoms with Gasteiger partial charge in [-0.05, 0) is 37.5 Å². The van der Waals surface area contributed by atoms with Crippen LogP contribution in [0.25, 0.3) is 0 Å². The number of esters is 4. The lowest BCUT2D eigenvalue weighted by Crippen LogP contribution is -2.30. The van der Waals surface area contributed by atoms with Gasteiger partial charge in [-0.1, -0.05) is 369 Å². The van der Waals surface area contributed by atoms with Gasteiger partial charge in [-0.3, -0.25) is 37.3 Å². The maximum absolute atomic E-state index is 13.1. The van der Waals surface area contributed by atoms with Crippen LogP contribution < -0.4 is 0 Å². The van der Waals surface area contributed by atoms with Crippen LogP contribution in [0.5, 0.6) is 0 Å². The van der Waals surface area contributed by atoms with Crippen molar-refractivity contribution in [2.45, 2.75) is 439 Å². The van der Waals surface area contributed by atoms with Gasteiger partial charge in [0.15, 0.2) is 12.2 Å². The zero-order valence-electron chi connectivity index (χ0n) is 64.8. The predicted octanol–water partition coefficient (Wildman–Crippen LogP) is 23.9. The molecule has 17 nitrogen and oxygen atoms in total. The van der Waals surface area contributed by atoms with Crippen molar-refractivity contribution < 1.29 is 80.2 Å². The molecule has 0 saturated heterocycles. The Morgan fingerprint density at radius 3 is 0.717 bits per heavy atom. The number of phosphoric acid groups is 2. The van der Waals surface area contributed by atoms with Crippen LogP contribution in [0.2, 0.25) is 0 Å². The Hall–Kier alpha value is -1.94. The van der Waals surface area contributed by atoms with Crippen molar-refractivity contribution >= 4 is 39.5 Å². The summed E-state index contributed by atoms with van der Waals surface area (Å²) in [5.41, 5.74) is 0. The highest BCUT2D eigenvalue weighted by Crippen LogP contribution is 2.45. The minimum Gasteiger partial charge on any atom is -0.462 e. The summed E-state index contributed by atoms with van der Waals surface area (Å²) in [6.07, 6.45) is 61.3. The molecule has 99 heavy (non-hydrogen) atoms. The van der Waals surface area contributed by atoms with Crippen LogP contribution in [0, 0.1) is 11.8 Å². The summed E-state index contributed by atoms with van der Waals surface area (Å²) in [4.78, 5) is 72.8. The number of unbranched alkanes of at least 4 members (excludes halogenated alkanes) is 47. The fourth-order valence-electron chi connectivity index (χ4n) is 12.3. The van der Waals surface area contributed by atoms with Crippen LogP contribution in [-0.2, 0) is 65.4 Å². The summed E-state index contributed by atoms with van der Waals surface area (Å²) in [6.45, 7) is 9.64. The number of hydrogen-bond donors (Lipinski definition) is 3. The van der Waals surface area contributed by atoms with Gasteiger partial charge in [0.25, 0.3) is 0 Å². The van der Waals surface area contributed by atoms with Gasteiger partial charge in [0.2, 0.25) is 0 Å². The first-order valence-electron chi connectivity index (χ1n) is 41.6. The summed E-state index contributed by atoms with van der Waals surface area (Å²) in [5.74, 6) is -0.476. The molecule has 0 spiro atoms. The molecule has 0 fully saturated rings. The monoisotopic (exact) mass is 1450 g/mol. The number of aliphatic hydroxyl groups excluding tert-OH is 1. The van der Waals surface area contributed by atoms with Gasteiger partial charge in [0, 0.05) is 25.7 Å². The molecule has 0 heterocycles. The summed E-state index contributed by atoms with van der Waals surface area (Å²) >= 11 is 0. The number of ether oxygens (including phenoxy) is 4. The second-order valence-electron chi connectivity index (χ2n) is 29.3. The molecule has 0 aromatic rings. The Kier molecular flexibility index (Phi) is 70.3. The van der Waals surface area contributed by atoms with Crippen molar-refractivity contribution in [3.8, 4) is 0 Å². The average Bonchev–Trinajstić information content (AvgIpc) is 1.41. The zero-order valence-corrected chi connectivity index (χ0v) is 66.6. The first-order chi connectivity index (χ1) is 47.9. The average molecular weight is 1450 g/mol. The molecule has 0 aromatic heterocycles. The van der Waals surface area contributed by atoms with Crippen LogP contribution >= 0.6 is 15.6 Å². The van der Waals surface area contributed by atoms with E-state index in [-0.39, 0.29) is 25.7 Å². The lowest BCUT2D eigenvalue weighted by atomic mass is 9.99. The van der Waals surface area contributed by atoms with Crippen molar-refractivity contribution in [3.63, 3.8) is 0 Å². The normalized spacial score (nSPS) is 14.5. The molecule has 0 rings (SSSR count). The van der Waals surface area contributed by atoms with E-state index in [1.165, 1.54) is 225 Å². The zero-order chi connectivity index (χ0) is 72.8. The van der Waals surface area contributed by atoms with Crippen LogP contribution in [-0.4, -0.2) is 96.7 Å². The van der Waals surface area contributed by atoms with Crippen LogP contribution in [0.1, 0.15) is 420 Å². The molecule has 588 valence electrons. The summed E-state index contributed by atoms with van der Waals surface area (Å²) < 4.78 is 68.5. The molecular formula is C80H156O17P2. The molecule has 0 aliphatic rings. The van der Waals surface area contributed by atoms with Gasteiger partial charge in [-0.2, -0.15) is 0 Å². The Labute approximate surface area is 607 Å². The van der Waals surface area contributed by atoms with Crippen molar-refractivity contribution in [3.05, 3.63) is 0 Å². The third-order valence-electron chi connectivity index (χ3n) is 19.4. The minimum atomic E-state index is -4.96. The minimum absolute atomic E-state index is 0.105. The second-order valence-corrected chi connectivity index (χ2v) is 32.2. The van der Waals surface area contributed by atoms with E-state index in [0.29, 0.717) is 25.7 Å². The van der Waals surface area contributed by atoms with Crippen molar-refractivity contribution in [1.82, 2.24) is 0 Å². The first-order valence-corrected chi connectivity index (χ1v) is 44.6. The number of carbonyl (C=O) groups excluding carboxylic acids is 4. The third-order valence-corrected chi connectivity index (χ3v) is 21.3. The Bertz CT molecular complexity index is 1910. The van der Waals surface area contributed by atoms with Gasteiger partial charge in [-0.25, -0.2) is 9.13 Å². The fourth-order valence-corrected chi connectivity index (χ4v) is 13.9. The van der Waals surface area contributed by atoms with Gasteiger partial charge >= 0.3 is 39.5 Å². The van der Waals surface area contributed by atoms with E-state index in [2.05, 4.69) is 41.5 Å². The molecule has 0 amide bonds. The number of hydrogen-bond acceptors (Lipinski definition) is 15. The predicted molar refractivity (Wildman–Crippen MR) is 405 cm³/mol. The Balaban J connectivity index is 5.16. The van der Waals surface area contributed by atoms with Crippen molar-refractivity contribution in [2.75, 3.05) is 39.6 Å². The largest absolute Gasteiger partial charge is 0.472 e. The molecule has 7 atom stereocenters. The Morgan fingerprint density at radius 2 is 0.485 bits per heavy atom. The fraction of sp³-hybridized carbons (Fsp3) is 0.950. The smallest absolute Gasteiger partial charge is 0.462 e. The maximum Gasteiger partial charge on any atom is 0.472 e. The van der Waals surface area contributed by atoms with Crippen molar-refractivity contribution in [1.29, 1.82) is 0 Å². The third kappa shape index (κ3) is 71.5. The topological polar surface area (TPSA) is 237 Å². The maximum atomic E-state index is 13.1. The number of carbonyl (C=O) groups is 4. The molecule has 4 unspecified atom stereocenters. The second kappa shape index (κ2) is 71.7. The molecule has 3 N–H and O–H groups in total. The quantitative estimate of drug-likeness (QED) is 0.0222. The van der Waals surface area contributed by atoms with E-state index in [4.69, 9.17) is 37.0 Å². The van der Waals surface area contributed by atoms with Gasteiger partial charge < -0.3 is 33.8 Å². The summed E-state index contributed by atoms with van der Waals surface area (Å²) in [5, 5.41) is 10.6. The highest BCUT2D eigenvalue weighted by molar-refractivity contribution is 7.47. The Morgan fingerprint density at radius 1 is 0.283 bits per heavy atom. The SMILES string of the molecule is CCCCCCCCCCCCCCCCCCCCC(=O)OC[C@H](COP(=O)(O)OC[C@@H](O)COP(=O)(O)OC[C@@H](COC(=O)CCCCCCCCC)OC(=O)CCCCCCCCCCC(C)CC)OC(=O)CCCCCCCCCCCCCCCCCCCCC(C)CC. The number of rotatable bonds is 79. The van der Waals surface area contributed by atoms with Crippen molar-refractivity contribution in [2.24, 2.45) is 11.8 Å². The number of phosphoric ester groups is 2. The highest BCUT2D eigenvalue weighted by Gasteiger charge is 2.30. The molecule has 0 bridgehead atoms. The van der Waals surface area contributed by atoms with Gasteiger partial charge in [0.1, 0.15) is 19.3 Å².